The van der Waals surface area contributed by atoms with Crippen molar-refractivity contribution in [3.63, 3.8) is 0 Å². The van der Waals surface area contributed by atoms with Crippen molar-refractivity contribution in [3.05, 3.63) is 72.8 Å². The van der Waals surface area contributed by atoms with Gasteiger partial charge in [0.2, 0.25) is 5.91 Å². The molecule has 3 aromatic heterocycles. The maximum Gasteiger partial charge on any atom is 0.223 e. The number of aryl methyl sites for hydroxylation is 1. The number of carbonyl (C=O) groups is 1. The summed E-state index contributed by atoms with van der Waals surface area (Å²) >= 11 is 0. The molecule has 6 heteroatoms. The quantitative estimate of drug-likeness (QED) is 0.513. The normalized spacial score (nSPS) is 18.7. The van der Waals surface area contributed by atoms with Gasteiger partial charge in [0.15, 0.2) is 0 Å². The van der Waals surface area contributed by atoms with Crippen molar-refractivity contribution in [1.82, 2.24) is 24.6 Å². The minimum atomic E-state index is 0.266. The van der Waals surface area contributed by atoms with Gasteiger partial charge < -0.3 is 9.47 Å². The van der Waals surface area contributed by atoms with Crippen molar-refractivity contribution in [2.24, 2.45) is 5.92 Å². The molecule has 31 heavy (non-hydrogen) atoms. The fourth-order valence-electron chi connectivity index (χ4n) is 4.74. The lowest BCUT2D eigenvalue weighted by Gasteiger charge is -2.21. The number of aromatic amines is 1. The molecule has 0 spiro atoms. The predicted octanol–water partition coefficient (Wildman–Crippen LogP) is 4.30. The van der Waals surface area contributed by atoms with E-state index in [1.165, 1.54) is 10.9 Å². The Labute approximate surface area is 181 Å². The molecule has 1 saturated heterocycles. The first-order valence-corrected chi connectivity index (χ1v) is 10.9. The third kappa shape index (κ3) is 4.10. The van der Waals surface area contributed by atoms with Crippen LogP contribution in [0.3, 0.4) is 0 Å². The van der Waals surface area contributed by atoms with Crippen molar-refractivity contribution in [1.29, 1.82) is 0 Å². The van der Waals surface area contributed by atoms with E-state index in [0.29, 0.717) is 18.4 Å². The molecule has 0 bridgehead atoms. The first-order chi connectivity index (χ1) is 15.2. The maximum atomic E-state index is 12.8. The number of aromatic nitrogens is 4. The average Bonchev–Trinajstić information content (AvgIpc) is 3.53. The van der Waals surface area contributed by atoms with E-state index in [1.807, 2.05) is 30.6 Å². The lowest BCUT2D eigenvalue weighted by atomic mass is 10.1. The fourth-order valence-corrected chi connectivity index (χ4v) is 4.74. The Morgan fingerprint density at radius 2 is 2.06 bits per heavy atom. The number of hydrogen-bond donors (Lipinski definition) is 1. The Balaban J connectivity index is 1.23. The van der Waals surface area contributed by atoms with Crippen LogP contribution < -0.4 is 0 Å². The Morgan fingerprint density at radius 1 is 1.19 bits per heavy atom. The van der Waals surface area contributed by atoms with Crippen molar-refractivity contribution in [2.75, 3.05) is 6.54 Å². The molecule has 4 aromatic rings. The van der Waals surface area contributed by atoms with E-state index in [2.05, 4.69) is 62.0 Å². The molecule has 1 aliphatic heterocycles. The summed E-state index contributed by atoms with van der Waals surface area (Å²) < 4.78 is 2.27. The highest BCUT2D eigenvalue weighted by Gasteiger charge is 2.32. The molecular formula is C25H27N5O. The summed E-state index contributed by atoms with van der Waals surface area (Å²) in [6.45, 7) is 3.91. The average molecular weight is 414 g/mol. The number of carbonyl (C=O) groups excluding carboxylic acids is 1. The van der Waals surface area contributed by atoms with Gasteiger partial charge in [-0.2, -0.15) is 5.10 Å². The van der Waals surface area contributed by atoms with Gasteiger partial charge in [0.25, 0.3) is 0 Å². The minimum Gasteiger partial charge on any atom is -0.346 e. The van der Waals surface area contributed by atoms with Gasteiger partial charge in [-0.05, 0) is 43.4 Å². The fraction of sp³-hybridized carbons (Fsp3) is 0.320. The zero-order valence-electron chi connectivity index (χ0n) is 17.7. The summed E-state index contributed by atoms with van der Waals surface area (Å²) in [7, 11) is 0. The van der Waals surface area contributed by atoms with Gasteiger partial charge in [-0.25, -0.2) is 0 Å². The number of amides is 1. The second-order valence-electron chi connectivity index (χ2n) is 8.57. The molecule has 0 aliphatic carbocycles. The molecule has 2 atom stereocenters. The molecule has 6 nitrogen and oxygen atoms in total. The Kier molecular flexibility index (Phi) is 5.28. The lowest BCUT2D eigenvalue weighted by Crippen LogP contribution is -2.34. The maximum absolute atomic E-state index is 12.8. The van der Waals surface area contributed by atoms with Crippen LogP contribution in [0.4, 0.5) is 0 Å². The molecule has 1 fully saturated rings. The molecule has 0 saturated carbocycles. The zero-order valence-corrected chi connectivity index (χ0v) is 17.7. The molecule has 1 aliphatic rings. The highest BCUT2D eigenvalue weighted by Crippen LogP contribution is 2.28. The number of H-pyrrole nitrogens is 1. The summed E-state index contributed by atoms with van der Waals surface area (Å²) in [5.41, 5.74) is 4.27. The van der Waals surface area contributed by atoms with Crippen LogP contribution in [0.2, 0.25) is 0 Å². The van der Waals surface area contributed by atoms with E-state index in [0.717, 1.165) is 42.7 Å². The van der Waals surface area contributed by atoms with E-state index in [1.54, 1.807) is 6.20 Å². The number of rotatable bonds is 6. The van der Waals surface area contributed by atoms with E-state index in [4.69, 9.17) is 0 Å². The number of fused-ring (bicyclic) bond motifs is 1. The molecule has 1 aromatic carbocycles. The molecule has 1 amide bonds. The predicted molar refractivity (Wildman–Crippen MR) is 121 cm³/mol. The number of nitrogens with one attached hydrogen (secondary N) is 1. The largest absolute Gasteiger partial charge is 0.346 e. The first kappa shape index (κ1) is 19.5. The van der Waals surface area contributed by atoms with Crippen molar-refractivity contribution >= 4 is 16.8 Å². The van der Waals surface area contributed by atoms with E-state index >= 15 is 0 Å². The van der Waals surface area contributed by atoms with E-state index < -0.39 is 0 Å². The number of pyridine rings is 1. The highest BCUT2D eigenvalue weighted by molar-refractivity contribution is 5.83. The molecule has 5 rings (SSSR count). The summed E-state index contributed by atoms with van der Waals surface area (Å²) in [6.07, 6.45) is 10.1. The second kappa shape index (κ2) is 8.38. The molecular weight excluding hydrogens is 386 g/mol. The first-order valence-electron chi connectivity index (χ1n) is 10.9. The summed E-state index contributed by atoms with van der Waals surface area (Å²) in [6, 6.07) is 14.8. The van der Waals surface area contributed by atoms with Gasteiger partial charge in [-0.1, -0.05) is 30.3 Å². The smallest absolute Gasteiger partial charge is 0.223 e. The Bertz CT molecular complexity index is 1170. The summed E-state index contributed by atoms with van der Waals surface area (Å²) in [5, 5.41) is 8.02. The van der Waals surface area contributed by atoms with Crippen LogP contribution >= 0.6 is 0 Å². The van der Waals surface area contributed by atoms with Gasteiger partial charge >= 0.3 is 0 Å². The molecule has 158 valence electrons. The Hall–Kier alpha value is -3.41. The van der Waals surface area contributed by atoms with Crippen molar-refractivity contribution in [2.45, 2.75) is 38.8 Å². The van der Waals surface area contributed by atoms with Crippen molar-refractivity contribution < 1.29 is 4.79 Å². The van der Waals surface area contributed by atoms with Crippen LogP contribution in [0, 0.1) is 5.92 Å². The molecule has 2 unspecified atom stereocenters. The highest BCUT2D eigenvalue weighted by atomic mass is 16.2. The standard InChI is InChI=1S/C25H27N5O/c1-18-11-20(17-30(18)25(31)8-7-19-5-3-2-4-6-19)16-29-10-9-21-12-23(26-15-24(21)29)22-13-27-28-14-22/h2-6,9-10,12-15,18,20H,7-8,11,16-17H2,1H3,(H,27,28). The van der Waals surface area contributed by atoms with E-state index in [9.17, 15) is 4.79 Å². The van der Waals surface area contributed by atoms with Crippen LogP contribution in [-0.4, -0.2) is 43.1 Å². The molecule has 4 heterocycles. The van der Waals surface area contributed by atoms with Gasteiger partial charge in [-0.3, -0.25) is 14.9 Å². The third-order valence-electron chi connectivity index (χ3n) is 6.36. The van der Waals surface area contributed by atoms with Gasteiger partial charge in [0.1, 0.15) is 0 Å². The molecule has 0 radical (unpaired) electrons. The van der Waals surface area contributed by atoms with Crippen LogP contribution in [0.1, 0.15) is 25.3 Å². The van der Waals surface area contributed by atoms with E-state index in [-0.39, 0.29) is 5.91 Å². The number of likely N-dealkylation sites (tertiary alicyclic amines) is 1. The summed E-state index contributed by atoms with van der Waals surface area (Å²) in [4.78, 5) is 19.5. The second-order valence-corrected chi connectivity index (χ2v) is 8.57. The van der Waals surface area contributed by atoms with Crippen molar-refractivity contribution in [3.8, 4) is 11.3 Å². The topological polar surface area (TPSA) is 66.8 Å². The number of nitrogens with zero attached hydrogens (tertiary/aromatic N) is 4. The Morgan fingerprint density at radius 3 is 2.87 bits per heavy atom. The minimum absolute atomic E-state index is 0.266. The SMILES string of the molecule is CC1CC(Cn2ccc3cc(-c4cn[nH]c4)ncc32)CN1C(=O)CCc1ccccc1. The zero-order chi connectivity index (χ0) is 21.2. The van der Waals surface area contributed by atoms with Gasteiger partial charge in [0.05, 0.1) is 23.6 Å². The number of benzene rings is 1. The monoisotopic (exact) mass is 413 g/mol. The summed E-state index contributed by atoms with van der Waals surface area (Å²) in [5.74, 6) is 0.725. The lowest BCUT2D eigenvalue weighted by molar-refractivity contribution is -0.131. The van der Waals surface area contributed by atoms with Crippen LogP contribution in [0.25, 0.3) is 22.2 Å². The van der Waals surface area contributed by atoms with Gasteiger partial charge in [-0.15, -0.1) is 0 Å². The third-order valence-corrected chi connectivity index (χ3v) is 6.36. The molecule has 1 N–H and O–H groups in total. The van der Waals surface area contributed by atoms with Crippen LogP contribution in [0.5, 0.6) is 0 Å². The van der Waals surface area contributed by atoms with Crippen LogP contribution in [0.15, 0.2) is 67.3 Å². The number of hydrogen-bond acceptors (Lipinski definition) is 3. The van der Waals surface area contributed by atoms with Crippen LogP contribution in [-0.2, 0) is 17.8 Å². The van der Waals surface area contributed by atoms with Gasteiger partial charge in [0, 0.05) is 48.9 Å².